The molecule has 1 aromatic rings. The number of amides is 1. The van der Waals surface area contributed by atoms with Gasteiger partial charge in [0, 0.05) is 18.2 Å². The second kappa shape index (κ2) is 7.19. The molecule has 0 spiro atoms. The van der Waals surface area contributed by atoms with Crippen LogP contribution >= 0.6 is 0 Å². The van der Waals surface area contributed by atoms with E-state index in [0.29, 0.717) is 0 Å². The summed E-state index contributed by atoms with van der Waals surface area (Å²) in [6, 6.07) is 7.82. The molecular weight excluding hydrogens is 352 g/mol. The molecule has 0 aliphatic heterocycles. The van der Waals surface area contributed by atoms with E-state index in [4.69, 9.17) is 10.5 Å². The number of aryl methyl sites for hydroxylation is 1. The number of ether oxygens (including phenoxy) is 1. The summed E-state index contributed by atoms with van der Waals surface area (Å²) in [6.45, 7) is 8.97. The number of carbonyl (C=O) groups excluding carboxylic acids is 1. The van der Waals surface area contributed by atoms with Crippen molar-refractivity contribution in [2.24, 2.45) is 5.73 Å². The van der Waals surface area contributed by atoms with Crippen LogP contribution in [0.5, 0.6) is 0 Å². The number of sulfone groups is 1. The van der Waals surface area contributed by atoms with E-state index >= 15 is 0 Å². The molecule has 146 valence electrons. The molecule has 0 aromatic heterocycles. The molecule has 0 bridgehead atoms. The minimum atomic E-state index is -3.40. The summed E-state index contributed by atoms with van der Waals surface area (Å²) in [7, 11) is -3.40. The maximum absolute atomic E-state index is 12.7. The van der Waals surface area contributed by atoms with Crippen LogP contribution in [0.1, 0.15) is 51.7 Å². The molecule has 1 amide bonds. The average molecular weight is 383 g/mol. The Bertz CT molecular complexity index is 753. The molecule has 1 saturated carbocycles. The van der Waals surface area contributed by atoms with E-state index in [1.165, 1.54) is 5.56 Å². The summed E-state index contributed by atoms with van der Waals surface area (Å²) >= 11 is 0. The Labute approximate surface area is 156 Å². The van der Waals surface area contributed by atoms with Crippen LogP contribution in [-0.4, -0.2) is 43.2 Å². The van der Waals surface area contributed by atoms with Crippen molar-refractivity contribution in [1.82, 2.24) is 5.32 Å². The summed E-state index contributed by atoms with van der Waals surface area (Å²) < 4.78 is 30.7. The molecule has 3 N–H and O–H groups in total. The van der Waals surface area contributed by atoms with Gasteiger partial charge in [0.2, 0.25) is 0 Å². The number of hydrogen-bond acceptors (Lipinski definition) is 5. The number of nitrogens with one attached hydrogen (secondary N) is 1. The Balaban J connectivity index is 2.38. The smallest absolute Gasteiger partial charge is 0.408 e. The van der Waals surface area contributed by atoms with Crippen molar-refractivity contribution in [1.29, 1.82) is 0 Å². The minimum Gasteiger partial charge on any atom is -0.444 e. The number of hydrogen-bond donors (Lipinski definition) is 2. The highest BCUT2D eigenvalue weighted by Crippen LogP contribution is 2.55. The Kier molecular flexibility index (Phi) is 5.73. The molecule has 0 saturated heterocycles. The molecule has 0 unspecified atom stereocenters. The average Bonchev–Trinajstić information content (AvgIpc) is 3.22. The van der Waals surface area contributed by atoms with Crippen LogP contribution in [0.4, 0.5) is 4.79 Å². The van der Waals surface area contributed by atoms with Gasteiger partial charge in [0.25, 0.3) is 0 Å². The molecular formula is C19H30N2O4S. The van der Waals surface area contributed by atoms with Crippen molar-refractivity contribution < 1.29 is 17.9 Å². The first kappa shape index (κ1) is 20.7. The van der Waals surface area contributed by atoms with Gasteiger partial charge in [-0.05, 0) is 38.3 Å². The van der Waals surface area contributed by atoms with Crippen molar-refractivity contribution in [2.45, 2.75) is 63.3 Å². The van der Waals surface area contributed by atoms with Gasteiger partial charge in [0.15, 0.2) is 9.84 Å². The quantitative estimate of drug-likeness (QED) is 0.787. The number of benzene rings is 1. The van der Waals surface area contributed by atoms with Crippen LogP contribution in [0, 0.1) is 0 Å². The van der Waals surface area contributed by atoms with Gasteiger partial charge in [0.05, 0.1) is 10.8 Å². The summed E-state index contributed by atoms with van der Waals surface area (Å²) in [6.07, 6.45) is 0.256. The van der Waals surface area contributed by atoms with Crippen molar-refractivity contribution in [3.8, 4) is 0 Å². The highest BCUT2D eigenvalue weighted by Gasteiger charge is 2.71. The van der Waals surface area contributed by atoms with Gasteiger partial charge in [-0.3, -0.25) is 0 Å². The summed E-state index contributed by atoms with van der Waals surface area (Å²) in [5.74, 6) is -0.380. The standard InChI is InChI=1S/C19H30N2O4S/c1-6-13-8-10-14(11-9-13)15-16(26(23,24)7-2)19(15,12-20)21-17(22)25-18(3,4)5/h8-11,15-16H,6-7,12,20H2,1-5H3,(H,21,22)/t15-,16+,19+/m1/s1. The fourth-order valence-corrected chi connectivity index (χ4v) is 5.52. The fraction of sp³-hybridized carbons (Fsp3) is 0.632. The zero-order valence-corrected chi connectivity index (χ0v) is 17.0. The predicted molar refractivity (Wildman–Crippen MR) is 103 cm³/mol. The lowest BCUT2D eigenvalue weighted by atomic mass is 10.0. The number of rotatable bonds is 6. The Morgan fingerprint density at radius 3 is 2.23 bits per heavy atom. The van der Waals surface area contributed by atoms with Crippen LogP contribution in [0.3, 0.4) is 0 Å². The summed E-state index contributed by atoms with van der Waals surface area (Å²) in [5, 5.41) is 2.03. The van der Waals surface area contributed by atoms with E-state index in [0.717, 1.165) is 12.0 Å². The number of nitrogens with two attached hydrogens (primary N) is 1. The largest absolute Gasteiger partial charge is 0.444 e. The van der Waals surface area contributed by atoms with Crippen LogP contribution < -0.4 is 11.1 Å². The lowest BCUT2D eigenvalue weighted by molar-refractivity contribution is 0.0497. The van der Waals surface area contributed by atoms with Crippen LogP contribution in [0.15, 0.2) is 24.3 Å². The van der Waals surface area contributed by atoms with E-state index < -0.39 is 32.3 Å². The van der Waals surface area contributed by atoms with Gasteiger partial charge in [-0.1, -0.05) is 38.1 Å². The molecule has 26 heavy (non-hydrogen) atoms. The first-order valence-electron chi connectivity index (χ1n) is 9.02. The molecule has 7 heteroatoms. The Hall–Kier alpha value is -1.60. The van der Waals surface area contributed by atoms with E-state index in [1.54, 1.807) is 27.7 Å². The number of alkyl carbamates (subject to hydrolysis) is 1. The van der Waals surface area contributed by atoms with Gasteiger partial charge in [-0.25, -0.2) is 13.2 Å². The maximum Gasteiger partial charge on any atom is 0.408 e. The monoisotopic (exact) mass is 382 g/mol. The Morgan fingerprint density at radius 1 is 1.23 bits per heavy atom. The zero-order chi connectivity index (χ0) is 19.8. The van der Waals surface area contributed by atoms with Crippen LogP contribution in [-0.2, 0) is 21.0 Å². The SMILES string of the molecule is CCc1ccc([C@@H]2[C@H](S(=O)(=O)CC)[C@@]2(CN)NC(=O)OC(C)(C)C)cc1. The molecule has 0 heterocycles. The van der Waals surface area contributed by atoms with Crippen LogP contribution in [0.2, 0.25) is 0 Å². The third-order valence-corrected chi connectivity index (χ3v) is 7.14. The second-order valence-electron chi connectivity index (χ2n) is 7.82. The highest BCUT2D eigenvalue weighted by atomic mass is 32.2. The van der Waals surface area contributed by atoms with E-state index in [1.807, 2.05) is 24.3 Å². The molecule has 3 atom stereocenters. The molecule has 1 aromatic carbocycles. The second-order valence-corrected chi connectivity index (χ2v) is 10.2. The first-order chi connectivity index (χ1) is 12.0. The maximum atomic E-state index is 12.7. The summed E-state index contributed by atoms with van der Waals surface area (Å²) in [5.41, 5.74) is 6.30. The lowest BCUT2D eigenvalue weighted by Gasteiger charge is -2.24. The Morgan fingerprint density at radius 2 is 1.81 bits per heavy atom. The topological polar surface area (TPSA) is 98.5 Å². The molecule has 1 aliphatic carbocycles. The third kappa shape index (κ3) is 4.04. The molecule has 1 aliphatic rings. The van der Waals surface area contributed by atoms with Crippen LogP contribution in [0.25, 0.3) is 0 Å². The van der Waals surface area contributed by atoms with Crippen molar-refractivity contribution >= 4 is 15.9 Å². The van der Waals surface area contributed by atoms with Gasteiger partial charge in [-0.15, -0.1) is 0 Å². The molecule has 6 nitrogen and oxygen atoms in total. The number of carbonyl (C=O) groups is 1. The van der Waals surface area contributed by atoms with Gasteiger partial charge >= 0.3 is 6.09 Å². The predicted octanol–water partition coefficient (Wildman–Crippen LogP) is 2.37. The zero-order valence-electron chi connectivity index (χ0n) is 16.2. The fourth-order valence-electron chi connectivity index (χ4n) is 3.48. The van der Waals surface area contributed by atoms with E-state index in [9.17, 15) is 13.2 Å². The van der Waals surface area contributed by atoms with Gasteiger partial charge < -0.3 is 15.8 Å². The minimum absolute atomic E-state index is 0.00103. The van der Waals surface area contributed by atoms with Gasteiger partial charge in [-0.2, -0.15) is 0 Å². The molecule has 1 fully saturated rings. The normalized spacial score (nSPS) is 25.6. The summed E-state index contributed by atoms with van der Waals surface area (Å²) in [4.78, 5) is 12.3. The third-order valence-electron chi connectivity index (χ3n) is 4.86. The van der Waals surface area contributed by atoms with Crippen molar-refractivity contribution in [2.75, 3.05) is 12.3 Å². The van der Waals surface area contributed by atoms with Crippen molar-refractivity contribution in [3.05, 3.63) is 35.4 Å². The first-order valence-corrected chi connectivity index (χ1v) is 10.7. The molecule has 2 rings (SSSR count). The lowest BCUT2D eigenvalue weighted by Crippen LogP contribution is -2.49. The van der Waals surface area contributed by atoms with Crippen molar-refractivity contribution in [3.63, 3.8) is 0 Å². The van der Waals surface area contributed by atoms with E-state index in [-0.39, 0.29) is 18.2 Å². The van der Waals surface area contributed by atoms with Gasteiger partial charge in [0.1, 0.15) is 5.60 Å². The van der Waals surface area contributed by atoms with E-state index in [2.05, 4.69) is 12.2 Å². The highest BCUT2D eigenvalue weighted by molar-refractivity contribution is 7.92. The molecule has 0 radical (unpaired) electrons.